The number of benzene rings is 1. The van der Waals surface area contributed by atoms with Crippen molar-refractivity contribution >= 4 is 16.9 Å². The second kappa shape index (κ2) is 4.83. The normalized spacial score (nSPS) is 18.2. The van der Waals surface area contributed by atoms with Gasteiger partial charge in [-0.1, -0.05) is 6.07 Å². The summed E-state index contributed by atoms with van der Waals surface area (Å²) < 4.78 is 0. The monoisotopic (exact) mass is 271 g/mol. The van der Waals surface area contributed by atoms with Crippen LogP contribution in [0.2, 0.25) is 0 Å². The third-order valence-electron chi connectivity index (χ3n) is 3.86. The summed E-state index contributed by atoms with van der Waals surface area (Å²) in [4.78, 5) is 22.9. The molecule has 2 heterocycles. The first kappa shape index (κ1) is 13.0. The highest BCUT2D eigenvalue weighted by atomic mass is 16.3. The van der Waals surface area contributed by atoms with Crippen LogP contribution in [-0.4, -0.2) is 44.6 Å². The van der Waals surface area contributed by atoms with Crippen LogP contribution in [0.1, 0.15) is 30.1 Å². The third kappa shape index (κ3) is 2.36. The van der Waals surface area contributed by atoms with Crippen LogP contribution in [0, 0.1) is 0 Å². The highest BCUT2D eigenvalue weighted by molar-refractivity contribution is 6.04. The van der Waals surface area contributed by atoms with Crippen LogP contribution in [0.5, 0.6) is 0 Å². The van der Waals surface area contributed by atoms with E-state index < -0.39 is 5.60 Å². The van der Waals surface area contributed by atoms with Crippen molar-refractivity contribution in [1.82, 2.24) is 14.9 Å². The van der Waals surface area contributed by atoms with E-state index in [2.05, 4.69) is 9.97 Å². The molecule has 1 aromatic heterocycles. The predicted molar refractivity (Wildman–Crippen MR) is 75.3 cm³/mol. The molecule has 5 heteroatoms. The number of aliphatic hydroxyl groups is 1. The third-order valence-corrected chi connectivity index (χ3v) is 3.86. The summed E-state index contributed by atoms with van der Waals surface area (Å²) in [7, 11) is 0. The first-order chi connectivity index (χ1) is 9.57. The Hall–Kier alpha value is -2.01. The van der Waals surface area contributed by atoms with Gasteiger partial charge in [0.2, 0.25) is 0 Å². The number of aromatic nitrogens is 2. The van der Waals surface area contributed by atoms with Crippen molar-refractivity contribution in [2.24, 2.45) is 0 Å². The van der Waals surface area contributed by atoms with E-state index >= 15 is 0 Å². The molecular formula is C15H17N3O2. The number of likely N-dealkylation sites (tertiary alicyclic amines) is 1. The average molecular weight is 271 g/mol. The molecule has 20 heavy (non-hydrogen) atoms. The molecule has 1 amide bonds. The summed E-state index contributed by atoms with van der Waals surface area (Å²) in [5.74, 6) is -0.0356. The van der Waals surface area contributed by atoms with Gasteiger partial charge in [0.15, 0.2) is 0 Å². The number of amides is 1. The van der Waals surface area contributed by atoms with Gasteiger partial charge in [0.1, 0.15) is 5.52 Å². The average Bonchev–Trinajstić information content (AvgIpc) is 2.46. The zero-order valence-corrected chi connectivity index (χ0v) is 11.4. The summed E-state index contributed by atoms with van der Waals surface area (Å²) in [5, 5.41) is 9.96. The Morgan fingerprint density at radius 2 is 1.95 bits per heavy atom. The van der Waals surface area contributed by atoms with Crippen LogP contribution in [0.25, 0.3) is 11.0 Å². The summed E-state index contributed by atoms with van der Waals surface area (Å²) in [6.07, 6.45) is 4.43. The van der Waals surface area contributed by atoms with Crippen LogP contribution in [-0.2, 0) is 0 Å². The Labute approximate surface area is 117 Å². The number of fused-ring (bicyclic) bond motifs is 1. The number of carbonyl (C=O) groups is 1. The number of piperidine rings is 1. The molecule has 3 rings (SSSR count). The maximum absolute atomic E-state index is 12.6. The summed E-state index contributed by atoms with van der Waals surface area (Å²) in [5.41, 5.74) is 1.28. The summed E-state index contributed by atoms with van der Waals surface area (Å²) >= 11 is 0. The molecule has 5 nitrogen and oxygen atoms in total. The molecule has 0 unspecified atom stereocenters. The Morgan fingerprint density at radius 3 is 2.70 bits per heavy atom. The van der Waals surface area contributed by atoms with Gasteiger partial charge < -0.3 is 10.0 Å². The van der Waals surface area contributed by atoms with Crippen molar-refractivity contribution in [3.8, 4) is 0 Å². The van der Waals surface area contributed by atoms with Crippen molar-refractivity contribution in [3.05, 3.63) is 36.2 Å². The van der Waals surface area contributed by atoms with E-state index in [1.807, 2.05) is 19.1 Å². The van der Waals surface area contributed by atoms with Crippen LogP contribution in [0.4, 0.5) is 0 Å². The first-order valence-electron chi connectivity index (χ1n) is 6.78. The molecule has 0 saturated carbocycles. The van der Waals surface area contributed by atoms with E-state index in [-0.39, 0.29) is 5.91 Å². The van der Waals surface area contributed by atoms with E-state index in [9.17, 15) is 9.90 Å². The largest absolute Gasteiger partial charge is 0.390 e. The Kier molecular flexibility index (Phi) is 3.14. The Balaban J connectivity index is 1.90. The van der Waals surface area contributed by atoms with Crippen LogP contribution in [0.3, 0.4) is 0 Å². The molecule has 0 aliphatic carbocycles. The smallest absolute Gasteiger partial charge is 0.256 e. The molecule has 0 bridgehead atoms. The number of nitrogens with zero attached hydrogens (tertiary/aromatic N) is 3. The van der Waals surface area contributed by atoms with Gasteiger partial charge >= 0.3 is 0 Å². The van der Waals surface area contributed by atoms with E-state index in [1.165, 1.54) is 0 Å². The molecule has 104 valence electrons. The van der Waals surface area contributed by atoms with Gasteiger partial charge in [-0.2, -0.15) is 0 Å². The zero-order chi connectivity index (χ0) is 14.2. The Morgan fingerprint density at radius 1 is 1.25 bits per heavy atom. The van der Waals surface area contributed by atoms with E-state index in [1.54, 1.807) is 23.4 Å². The van der Waals surface area contributed by atoms with Gasteiger partial charge in [-0.3, -0.25) is 14.8 Å². The van der Waals surface area contributed by atoms with E-state index in [4.69, 9.17) is 0 Å². The number of hydrogen-bond acceptors (Lipinski definition) is 4. The predicted octanol–water partition coefficient (Wildman–Crippen LogP) is 1.62. The van der Waals surface area contributed by atoms with Crippen LogP contribution in [0.15, 0.2) is 30.6 Å². The highest BCUT2D eigenvalue weighted by Gasteiger charge is 2.30. The van der Waals surface area contributed by atoms with E-state index in [0.717, 1.165) is 5.52 Å². The van der Waals surface area contributed by atoms with Crippen molar-refractivity contribution in [2.75, 3.05) is 13.1 Å². The fraction of sp³-hybridized carbons (Fsp3) is 0.400. The van der Waals surface area contributed by atoms with Crippen molar-refractivity contribution in [3.63, 3.8) is 0 Å². The van der Waals surface area contributed by atoms with Crippen LogP contribution >= 0.6 is 0 Å². The molecule has 1 aliphatic rings. The summed E-state index contributed by atoms with van der Waals surface area (Å²) in [6.45, 7) is 2.96. The van der Waals surface area contributed by atoms with Gasteiger partial charge in [-0.15, -0.1) is 0 Å². The van der Waals surface area contributed by atoms with Gasteiger partial charge in [0.25, 0.3) is 5.91 Å². The maximum Gasteiger partial charge on any atom is 0.256 e. The lowest BCUT2D eigenvalue weighted by atomic mass is 9.93. The fourth-order valence-corrected chi connectivity index (χ4v) is 2.53. The first-order valence-corrected chi connectivity index (χ1v) is 6.78. The number of carbonyl (C=O) groups excluding carboxylic acids is 1. The zero-order valence-electron chi connectivity index (χ0n) is 11.4. The lowest BCUT2D eigenvalue weighted by Crippen LogP contribution is -2.45. The summed E-state index contributed by atoms with van der Waals surface area (Å²) in [6, 6.07) is 5.45. The molecule has 1 N–H and O–H groups in total. The minimum Gasteiger partial charge on any atom is -0.390 e. The highest BCUT2D eigenvalue weighted by Crippen LogP contribution is 2.24. The van der Waals surface area contributed by atoms with Crippen molar-refractivity contribution in [1.29, 1.82) is 0 Å². The van der Waals surface area contributed by atoms with Gasteiger partial charge in [0, 0.05) is 25.5 Å². The molecule has 1 saturated heterocycles. The van der Waals surface area contributed by atoms with Gasteiger partial charge in [-0.05, 0) is 31.9 Å². The van der Waals surface area contributed by atoms with E-state index in [0.29, 0.717) is 37.0 Å². The second-order valence-electron chi connectivity index (χ2n) is 5.52. The number of rotatable bonds is 1. The molecule has 0 atom stereocenters. The fourth-order valence-electron chi connectivity index (χ4n) is 2.53. The minimum absolute atomic E-state index is 0.0356. The second-order valence-corrected chi connectivity index (χ2v) is 5.52. The van der Waals surface area contributed by atoms with Crippen LogP contribution < -0.4 is 0 Å². The minimum atomic E-state index is -0.657. The Bertz CT molecular complexity index is 639. The SMILES string of the molecule is CC1(O)CCN(C(=O)c2cccc3nccnc23)CC1. The molecule has 1 fully saturated rings. The molecule has 0 spiro atoms. The molecule has 1 aromatic carbocycles. The lowest BCUT2D eigenvalue weighted by Gasteiger charge is -2.35. The van der Waals surface area contributed by atoms with Crippen molar-refractivity contribution < 1.29 is 9.90 Å². The number of para-hydroxylation sites is 1. The molecule has 0 radical (unpaired) electrons. The van der Waals surface area contributed by atoms with Crippen molar-refractivity contribution in [2.45, 2.75) is 25.4 Å². The lowest BCUT2D eigenvalue weighted by molar-refractivity contribution is -0.00197. The quantitative estimate of drug-likeness (QED) is 0.856. The topological polar surface area (TPSA) is 66.3 Å². The maximum atomic E-state index is 12.6. The van der Waals surface area contributed by atoms with Gasteiger partial charge in [0.05, 0.1) is 16.7 Å². The molecule has 1 aliphatic heterocycles. The number of hydrogen-bond donors (Lipinski definition) is 1. The molecular weight excluding hydrogens is 254 g/mol. The van der Waals surface area contributed by atoms with Gasteiger partial charge in [-0.25, -0.2) is 0 Å². The standard InChI is InChI=1S/C15H17N3O2/c1-15(20)5-9-18(10-6-15)14(19)11-3-2-4-12-13(11)17-8-7-16-12/h2-4,7-8,20H,5-6,9-10H2,1H3. The molecule has 2 aromatic rings.